The van der Waals surface area contributed by atoms with Crippen LogP contribution in [0.5, 0.6) is 0 Å². The summed E-state index contributed by atoms with van der Waals surface area (Å²) in [5.74, 6) is 0. The molecule has 1 aromatic carbocycles. The van der Waals surface area contributed by atoms with Gasteiger partial charge in [0.05, 0.1) is 4.90 Å². The minimum atomic E-state index is -4.25. The van der Waals surface area contributed by atoms with Crippen LogP contribution in [-0.4, -0.2) is 27.9 Å². The van der Waals surface area contributed by atoms with Gasteiger partial charge in [-0.2, -0.15) is 23.4 Å². The van der Waals surface area contributed by atoms with E-state index in [2.05, 4.69) is 15.0 Å². The Morgan fingerprint density at radius 2 is 1.74 bits per heavy atom. The van der Waals surface area contributed by atoms with Gasteiger partial charge >= 0.3 is 0 Å². The summed E-state index contributed by atoms with van der Waals surface area (Å²) in [5, 5.41) is 0.0966. The molecule has 1 heterocycles. The van der Waals surface area contributed by atoms with Gasteiger partial charge in [0, 0.05) is 4.90 Å². The van der Waals surface area contributed by atoms with Gasteiger partial charge in [-0.25, -0.2) is 0 Å². The van der Waals surface area contributed by atoms with Crippen molar-refractivity contribution in [3.05, 3.63) is 34.8 Å². The summed E-state index contributed by atoms with van der Waals surface area (Å²) in [7, 11) is -4.25. The minimum Gasteiger partial charge on any atom is -0.282 e. The Balaban J connectivity index is 2.33. The molecule has 0 aliphatic rings. The van der Waals surface area contributed by atoms with Gasteiger partial charge in [-0.15, -0.1) is 0 Å². The van der Waals surface area contributed by atoms with Crippen LogP contribution < -0.4 is 0 Å². The highest BCUT2D eigenvalue weighted by atomic mass is 35.5. The average molecular weight is 338 g/mol. The zero-order chi connectivity index (χ0) is 14.0. The highest BCUT2D eigenvalue weighted by Gasteiger charge is 2.11. The highest BCUT2D eigenvalue weighted by molar-refractivity contribution is 7.99. The molecule has 1 aromatic heterocycles. The van der Waals surface area contributed by atoms with E-state index in [0.29, 0.717) is 4.90 Å². The van der Waals surface area contributed by atoms with E-state index in [-0.39, 0.29) is 20.6 Å². The van der Waals surface area contributed by atoms with E-state index in [1.807, 2.05) is 0 Å². The van der Waals surface area contributed by atoms with Gasteiger partial charge in [0.1, 0.15) is 0 Å². The fourth-order valence-corrected chi connectivity index (χ4v) is 3.03. The van der Waals surface area contributed by atoms with E-state index < -0.39 is 10.1 Å². The lowest BCUT2D eigenvalue weighted by Gasteiger charge is -2.02. The molecule has 10 heteroatoms. The Labute approximate surface area is 123 Å². The molecule has 0 unspecified atom stereocenters. The molecule has 2 aromatic rings. The summed E-state index contributed by atoms with van der Waals surface area (Å²) in [5.41, 5.74) is 0. The molecule has 0 saturated carbocycles. The molecule has 0 radical (unpaired) electrons. The minimum absolute atomic E-state index is 0.0616. The summed E-state index contributed by atoms with van der Waals surface area (Å²) < 4.78 is 31.0. The molecule has 19 heavy (non-hydrogen) atoms. The summed E-state index contributed by atoms with van der Waals surface area (Å²) >= 11 is 12.3. The normalized spacial score (nSPS) is 11.5. The molecule has 6 nitrogen and oxygen atoms in total. The third-order valence-electron chi connectivity index (χ3n) is 1.87. The van der Waals surface area contributed by atoms with Crippen LogP contribution in [0.25, 0.3) is 0 Å². The van der Waals surface area contributed by atoms with Crippen molar-refractivity contribution in [3.63, 3.8) is 0 Å². The number of nitrogens with zero attached hydrogens (tertiary/aromatic N) is 3. The molecule has 0 aliphatic heterocycles. The van der Waals surface area contributed by atoms with E-state index in [1.165, 1.54) is 18.2 Å². The van der Waals surface area contributed by atoms with Crippen LogP contribution >= 0.6 is 35.0 Å². The molecule has 0 fully saturated rings. The maximum atomic E-state index is 11.0. The van der Waals surface area contributed by atoms with Gasteiger partial charge in [0.15, 0.2) is 5.16 Å². The number of rotatable bonds is 3. The SMILES string of the molecule is O=S(=O)(O)c1cccc(Sc2nc(Cl)nc(Cl)n2)c1. The van der Waals surface area contributed by atoms with Crippen LogP contribution in [0, 0.1) is 0 Å². The molecule has 0 amide bonds. The van der Waals surface area contributed by atoms with E-state index in [9.17, 15) is 8.42 Å². The Hall–Kier alpha value is -0.930. The standard InChI is InChI=1S/C9H5Cl2N3O3S2/c10-7-12-8(11)14-9(13-7)18-5-2-1-3-6(4-5)19(15,16)17/h1-4H,(H,15,16,17). The van der Waals surface area contributed by atoms with Crippen LogP contribution in [0.1, 0.15) is 0 Å². The summed E-state index contributed by atoms with van der Waals surface area (Å²) in [4.78, 5) is 11.5. The molecular formula is C9H5Cl2N3O3S2. The Morgan fingerprint density at radius 3 is 2.32 bits per heavy atom. The smallest absolute Gasteiger partial charge is 0.282 e. The Kier molecular flexibility index (Phi) is 4.26. The van der Waals surface area contributed by atoms with Gasteiger partial charge < -0.3 is 0 Å². The number of hydrogen-bond acceptors (Lipinski definition) is 6. The van der Waals surface area contributed by atoms with Gasteiger partial charge in [-0.3, -0.25) is 4.55 Å². The predicted molar refractivity (Wildman–Crippen MR) is 70.2 cm³/mol. The van der Waals surface area contributed by atoms with Crippen molar-refractivity contribution in [1.29, 1.82) is 0 Å². The Morgan fingerprint density at radius 1 is 1.11 bits per heavy atom. The third-order valence-corrected chi connectivity index (χ3v) is 3.92. The van der Waals surface area contributed by atoms with Crippen molar-refractivity contribution in [2.75, 3.05) is 0 Å². The predicted octanol–water partition coefficient (Wildman–Crippen LogP) is 2.58. The topological polar surface area (TPSA) is 93.0 Å². The summed E-state index contributed by atoms with van der Waals surface area (Å²) in [6, 6.07) is 5.67. The quantitative estimate of drug-likeness (QED) is 0.860. The second-order valence-electron chi connectivity index (χ2n) is 3.21. The summed E-state index contributed by atoms with van der Waals surface area (Å²) in [6.07, 6.45) is 0. The lowest BCUT2D eigenvalue weighted by atomic mass is 10.4. The molecular weight excluding hydrogens is 333 g/mol. The number of hydrogen-bond donors (Lipinski definition) is 1. The van der Waals surface area contributed by atoms with Gasteiger partial charge in [0.25, 0.3) is 10.1 Å². The van der Waals surface area contributed by atoms with Crippen LogP contribution in [0.4, 0.5) is 0 Å². The molecule has 0 bridgehead atoms. The van der Waals surface area contributed by atoms with E-state index in [1.54, 1.807) is 6.07 Å². The summed E-state index contributed by atoms with van der Waals surface area (Å²) in [6.45, 7) is 0. The fraction of sp³-hybridized carbons (Fsp3) is 0. The first kappa shape index (κ1) is 14.5. The first-order valence-corrected chi connectivity index (χ1v) is 7.68. The highest BCUT2D eigenvalue weighted by Crippen LogP contribution is 2.27. The molecule has 0 saturated heterocycles. The van der Waals surface area contributed by atoms with Gasteiger partial charge in [0.2, 0.25) is 10.6 Å². The monoisotopic (exact) mass is 337 g/mol. The first-order valence-electron chi connectivity index (χ1n) is 4.67. The van der Waals surface area contributed by atoms with Crippen molar-refractivity contribution >= 4 is 45.1 Å². The van der Waals surface area contributed by atoms with Gasteiger partial charge in [-0.1, -0.05) is 6.07 Å². The first-order chi connectivity index (χ1) is 8.84. The van der Waals surface area contributed by atoms with E-state index in [4.69, 9.17) is 27.8 Å². The second kappa shape index (κ2) is 5.59. The lowest BCUT2D eigenvalue weighted by Crippen LogP contribution is -1.97. The number of halogens is 2. The zero-order valence-corrected chi connectivity index (χ0v) is 12.1. The third kappa shape index (κ3) is 4.02. The molecule has 1 N–H and O–H groups in total. The maximum Gasteiger partial charge on any atom is 0.294 e. The maximum absolute atomic E-state index is 11.0. The van der Waals surface area contributed by atoms with E-state index in [0.717, 1.165) is 11.8 Å². The average Bonchev–Trinajstić information content (AvgIpc) is 2.26. The molecule has 2 rings (SSSR count). The van der Waals surface area contributed by atoms with Crippen LogP contribution in [-0.2, 0) is 10.1 Å². The number of benzene rings is 1. The van der Waals surface area contributed by atoms with Crippen molar-refractivity contribution in [2.45, 2.75) is 14.9 Å². The van der Waals surface area contributed by atoms with Crippen LogP contribution in [0.2, 0.25) is 10.6 Å². The molecule has 100 valence electrons. The Bertz CT molecular complexity index is 704. The number of aromatic nitrogens is 3. The molecule has 0 aliphatic carbocycles. The van der Waals surface area contributed by atoms with Crippen molar-refractivity contribution in [3.8, 4) is 0 Å². The lowest BCUT2D eigenvalue weighted by molar-refractivity contribution is 0.483. The van der Waals surface area contributed by atoms with Crippen molar-refractivity contribution < 1.29 is 13.0 Å². The van der Waals surface area contributed by atoms with Crippen LogP contribution in [0.15, 0.2) is 39.2 Å². The van der Waals surface area contributed by atoms with Crippen LogP contribution in [0.3, 0.4) is 0 Å². The van der Waals surface area contributed by atoms with Crippen molar-refractivity contribution in [1.82, 2.24) is 15.0 Å². The zero-order valence-electron chi connectivity index (χ0n) is 8.99. The largest absolute Gasteiger partial charge is 0.294 e. The molecule has 0 atom stereocenters. The molecule has 0 spiro atoms. The second-order valence-corrected chi connectivity index (χ2v) is 6.35. The van der Waals surface area contributed by atoms with Crippen molar-refractivity contribution in [2.24, 2.45) is 0 Å². The van der Waals surface area contributed by atoms with E-state index >= 15 is 0 Å². The fourth-order valence-electron chi connectivity index (χ4n) is 1.16. The van der Waals surface area contributed by atoms with Gasteiger partial charge in [-0.05, 0) is 53.2 Å².